The fourth-order valence-corrected chi connectivity index (χ4v) is 2.46. The van der Waals surface area contributed by atoms with Gasteiger partial charge in [0.1, 0.15) is 0 Å². The highest BCUT2D eigenvalue weighted by Gasteiger charge is 2.21. The van der Waals surface area contributed by atoms with Gasteiger partial charge < -0.3 is 0 Å². The summed E-state index contributed by atoms with van der Waals surface area (Å²) in [4.78, 5) is 11.5. The van der Waals surface area contributed by atoms with E-state index in [4.69, 9.17) is 0 Å². The maximum Gasteiger partial charge on any atom is 0.261 e. The van der Waals surface area contributed by atoms with Crippen LogP contribution in [0.1, 0.15) is 46.5 Å². The molecule has 2 nitrogen and oxygen atoms in total. The average Bonchev–Trinajstić information content (AvgIpc) is 2.52. The van der Waals surface area contributed by atoms with E-state index in [2.05, 4.69) is 20.8 Å². The summed E-state index contributed by atoms with van der Waals surface area (Å²) in [5, 5.41) is 1.86. The van der Waals surface area contributed by atoms with Crippen molar-refractivity contribution in [3.63, 3.8) is 0 Å². The lowest BCUT2D eigenvalue weighted by molar-refractivity contribution is 0.331. The van der Waals surface area contributed by atoms with Crippen LogP contribution < -0.4 is 5.56 Å². The van der Waals surface area contributed by atoms with Gasteiger partial charge in [0.25, 0.3) is 5.56 Å². The van der Waals surface area contributed by atoms with Crippen LogP contribution in [-0.4, -0.2) is 3.96 Å². The topological polar surface area (TPSA) is 22.0 Å². The van der Waals surface area contributed by atoms with Crippen LogP contribution in [0.5, 0.6) is 0 Å². The molecule has 0 aliphatic heterocycles. The Balaban J connectivity index is 2.66. The SMILES string of the molecule is CCCCCC(C)(C)n1sccc1=O. The predicted octanol–water partition coefficient (Wildman–Crippen LogP) is 3.23. The first-order chi connectivity index (χ1) is 6.58. The lowest BCUT2D eigenvalue weighted by atomic mass is 9.97. The summed E-state index contributed by atoms with van der Waals surface area (Å²) in [6, 6.07) is 1.65. The molecule has 3 heteroatoms. The molecule has 0 radical (unpaired) electrons. The summed E-state index contributed by atoms with van der Waals surface area (Å²) in [6.45, 7) is 6.48. The smallest absolute Gasteiger partial charge is 0.261 e. The van der Waals surface area contributed by atoms with Gasteiger partial charge in [0.15, 0.2) is 0 Å². The molecule has 0 spiro atoms. The Hall–Kier alpha value is -0.570. The van der Waals surface area contributed by atoms with E-state index < -0.39 is 0 Å². The molecule has 1 aromatic rings. The molecule has 0 fully saturated rings. The minimum Gasteiger partial charge on any atom is -0.268 e. The molecule has 14 heavy (non-hydrogen) atoms. The number of hydrogen-bond acceptors (Lipinski definition) is 2. The minimum absolute atomic E-state index is 0.0135. The zero-order chi connectivity index (χ0) is 10.6. The van der Waals surface area contributed by atoms with Crippen molar-refractivity contribution in [2.75, 3.05) is 0 Å². The molecule has 1 rings (SSSR count). The van der Waals surface area contributed by atoms with Crippen LogP contribution in [0.2, 0.25) is 0 Å². The maximum atomic E-state index is 11.5. The Bertz CT molecular complexity index is 324. The van der Waals surface area contributed by atoms with E-state index in [1.165, 1.54) is 30.8 Å². The van der Waals surface area contributed by atoms with Crippen LogP contribution in [0.15, 0.2) is 16.2 Å². The number of aromatic nitrogens is 1. The third kappa shape index (κ3) is 2.71. The van der Waals surface area contributed by atoms with Gasteiger partial charge >= 0.3 is 0 Å². The summed E-state index contributed by atoms with van der Waals surface area (Å²) in [5.74, 6) is 0. The molecule has 0 aliphatic rings. The van der Waals surface area contributed by atoms with Crippen molar-refractivity contribution in [2.24, 2.45) is 0 Å². The Morgan fingerprint density at radius 1 is 1.43 bits per heavy atom. The zero-order valence-electron chi connectivity index (χ0n) is 9.25. The Labute approximate surface area is 89.7 Å². The van der Waals surface area contributed by atoms with E-state index in [-0.39, 0.29) is 11.1 Å². The highest BCUT2D eigenvalue weighted by atomic mass is 32.1. The van der Waals surface area contributed by atoms with Gasteiger partial charge in [0.2, 0.25) is 0 Å². The van der Waals surface area contributed by atoms with Crippen LogP contribution in [0.4, 0.5) is 0 Å². The summed E-state index contributed by atoms with van der Waals surface area (Å²) in [6.07, 6.45) is 4.77. The summed E-state index contributed by atoms with van der Waals surface area (Å²) in [7, 11) is 0. The summed E-state index contributed by atoms with van der Waals surface area (Å²) >= 11 is 1.52. The van der Waals surface area contributed by atoms with E-state index in [0.29, 0.717) is 0 Å². The second-order valence-corrected chi connectivity index (χ2v) is 5.16. The molecule has 0 N–H and O–H groups in total. The number of unbranched alkanes of at least 4 members (excludes halogenated alkanes) is 2. The fraction of sp³-hybridized carbons (Fsp3) is 0.727. The lowest BCUT2D eigenvalue weighted by Gasteiger charge is -2.24. The second-order valence-electron chi connectivity index (χ2n) is 4.31. The standard InChI is InChI=1S/C11H19NOS/c1-4-5-6-8-11(2,3)12-10(13)7-9-14-12/h7,9H,4-6,8H2,1-3H3. The lowest BCUT2D eigenvalue weighted by Crippen LogP contribution is -2.32. The molecule has 0 unspecified atom stereocenters. The van der Waals surface area contributed by atoms with Gasteiger partial charge in [-0.2, -0.15) is 0 Å². The van der Waals surface area contributed by atoms with Crippen molar-refractivity contribution in [1.29, 1.82) is 0 Å². The van der Waals surface area contributed by atoms with Crippen molar-refractivity contribution < 1.29 is 0 Å². The molecule has 0 saturated carbocycles. The molecule has 0 amide bonds. The predicted molar refractivity (Wildman–Crippen MR) is 62.0 cm³/mol. The third-order valence-corrected chi connectivity index (χ3v) is 3.66. The Morgan fingerprint density at radius 3 is 2.64 bits per heavy atom. The van der Waals surface area contributed by atoms with Gasteiger partial charge in [-0.1, -0.05) is 37.7 Å². The molecule has 1 aromatic heterocycles. The van der Waals surface area contributed by atoms with E-state index in [1.54, 1.807) is 6.07 Å². The first-order valence-electron chi connectivity index (χ1n) is 5.25. The van der Waals surface area contributed by atoms with Crippen molar-refractivity contribution in [2.45, 2.75) is 52.0 Å². The van der Waals surface area contributed by atoms with E-state index in [0.717, 1.165) is 6.42 Å². The van der Waals surface area contributed by atoms with Crippen molar-refractivity contribution in [3.05, 3.63) is 21.8 Å². The summed E-state index contributed by atoms with van der Waals surface area (Å²) in [5.41, 5.74) is 0.122. The van der Waals surface area contributed by atoms with Crippen LogP contribution in [0.25, 0.3) is 0 Å². The zero-order valence-corrected chi connectivity index (χ0v) is 10.1. The van der Waals surface area contributed by atoms with Crippen molar-refractivity contribution in [3.8, 4) is 0 Å². The average molecular weight is 213 g/mol. The number of nitrogens with zero attached hydrogens (tertiary/aromatic N) is 1. The van der Waals surface area contributed by atoms with Crippen molar-refractivity contribution in [1.82, 2.24) is 3.96 Å². The minimum atomic E-state index is -0.0135. The van der Waals surface area contributed by atoms with E-state index in [1.807, 2.05) is 9.34 Å². The normalized spacial score (nSPS) is 11.9. The van der Waals surface area contributed by atoms with Gasteiger partial charge in [-0.05, 0) is 20.3 Å². The third-order valence-electron chi connectivity index (χ3n) is 2.52. The van der Waals surface area contributed by atoms with Crippen molar-refractivity contribution >= 4 is 11.5 Å². The molecule has 0 aromatic carbocycles. The Kier molecular flexibility index (Phi) is 3.93. The highest BCUT2D eigenvalue weighted by molar-refractivity contribution is 7.04. The van der Waals surface area contributed by atoms with Gasteiger partial charge in [-0.15, -0.1) is 0 Å². The van der Waals surface area contributed by atoms with Crippen LogP contribution in [0, 0.1) is 0 Å². The quantitative estimate of drug-likeness (QED) is 0.688. The number of hydrogen-bond donors (Lipinski definition) is 0. The molecule has 0 aliphatic carbocycles. The molecular formula is C11H19NOS. The second kappa shape index (κ2) is 4.78. The highest BCUT2D eigenvalue weighted by Crippen LogP contribution is 2.23. The van der Waals surface area contributed by atoms with Crippen LogP contribution in [-0.2, 0) is 5.54 Å². The van der Waals surface area contributed by atoms with Gasteiger partial charge in [-0.3, -0.25) is 8.75 Å². The molecule has 0 saturated heterocycles. The van der Waals surface area contributed by atoms with Gasteiger partial charge in [-0.25, -0.2) is 0 Å². The maximum absolute atomic E-state index is 11.5. The molecule has 0 atom stereocenters. The molecular weight excluding hydrogens is 194 g/mol. The number of rotatable bonds is 5. The molecule has 1 heterocycles. The first-order valence-corrected chi connectivity index (χ1v) is 6.09. The van der Waals surface area contributed by atoms with E-state index >= 15 is 0 Å². The van der Waals surface area contributed by atoms with Gasteiger partial charge in [0.05, 0.1) is 5.54 Å². The van der Waals surface area contributed by atoms with Crippen LogP contribution in [0.3, 0.4) is 0 Å². The Morgan fingerprint density at radius 2 is 2.14 bits per heavy atom. The molecule has 0 bridgehead atoms. The fourth-order valence-electron chi connectivity index (χ4n) is 1.62. The van der Waals surface area contributed by atoms with Gasteiger partial charge in [0, 0.05) is 11.4 Å². The monoisotopic (exact) mass is 213 g/mol. The van der Waals surface area contributed by atoms with E-state index in [9.17, 15) is 4.79 Å². The van der Waals surface area contributed by atoms with Crippen LogP contribution >= 0.6 is 11.5 Å². The largest absolute Gasteiger partial charge is 0.268 e. The first kappa shape index (κ1) is 11.5. The summed E-state index contributed by atoms with van der Waals surface area (Å²) < 4.78 is 1.88. The molecule has 80 valence electrons.